The Bertz CT molecular complexity index is 508. The molecule has 0 aromatic heterocycles. The third kappa shape index (κ3) is 3.66. The number of nitrogens with one attached hydrogen (secondary N) is 1. The van der Waals surface area contributed by atoms with Crippen molar-refractivity contribution in [2.45, 2.75) is 44.0 Å². The molecular formula is C17H25N3O2. The van der Waals surface area contributed by atoms with Gasteiger partial charge in [0.2, 0.25) is 5.91 Å². The second-order valence-electron chi connectivity index (χ2n) is 6.49. The summed E-state index contributed by atoms with van der Waals surface area (Å²) < 4.78 is 5.69. The lowest BCUT2D eigenvalue weighted by Gasteiger charge is -2.33. The third-order valence-corrected chi connectivity index (χ3v) is 4.57. The highest BCUT2D eigenvalue weighted by atomic mass is 16.5. The zero-order valence-electron chi connectivity index (χ0n) is 13.1. The first-order chi connectivity index (χ1) is 10.6. The Balaban J connectivity index is 1.50. The van der Waals surface area contributed by atoms with Gasteiger partial charge in [-0.25, -0.2) is 0 Å². The van der Waals surface area contributed by atoms with E-state index in [1.54, 1.807) is 0 Å². The molecule has 5 heteroatoms. The fraction of sp³-hybridized carbons (Fsp3) is 0.588. The molecule has 4 atom stereocenters. The first kappa shape index (κ1) is 15.5. The molecule has 3 N–H and O–H groups in total. The summed E-state index contributed by atoms with van der Waals surface area (Å²) in [5.41, 5.74) is 7.14. The van der Waals surface area contributed by atoms with Crippen molar-refractivity contribution in [3.8, 4) is 0 Å². The zero-order valence-corrected chi connectivity index (χ0v) is 13.1. The molecule has 120 valence electrons. The Morgan fingerprint density at radius 3 is 2.95 bits per heavy atom. The summed E-state index contributed by atoms with van der Waals surface area (Å²) in [4.78, 5) is 14.7. The van der Waals surface area contributed by atoms with Crippen LogP contribution in [0.25, 0.3) is 0 Å². The summed E-state index contributed by atoms with van der Waals surface area (Å²) in [7, 11) is 0. The molecule has 3 rings (SSSR count). The predicted molar refractivity (Wildman–Crippen MR) is 85.4 cm³/mol. The van der Waals surface area contributed by atoms with Gasteiger partial charge >= 0.3 is 0 Å². The highest BCUT2D eigenvalue weighted by Gasteiger charge is 2.37. The number of carbonyl (C=O) groups excluding carboxylic acids is 1. The van der Waals surface area contributed by atoms with Crippen LogP contribution < -0.4 is 11.1 Å². The molecule has 0 spiro atoms. The largest absolute Gasteiger partial charge is 0.376 e. The van der Waals surface area contributed by atoms with Gasteiger partial charge in [0.25, 0.3) is 0 Å². The molecule has 2 fully saturated rings. The van der Waals surface area contributed by atoms with Gasteiger partial charge in [0, 0.05) is 25.2 Å². The minimum atomic E-state index is -0.491. The van der Waals surface area contributed by atoms with Gasteiger partial charge in [0.1, 0.15) is 0 Å². The Kier molecular flexibility index (Phi) is 4.76. The van der Waals surface area contributed by atoms with Crippen LogP contribution in [-0.2, 0) is 16.0 Å². The van der Waals surface area contributed by atoms with E-state index in [-0.39, 0.29) is 18.1 Å². The van der Waals surface area contributed by atoms with E-state index in [0.717, 1.165) is 31.7 Å². The molecule has 0 aliphatic carbocycles. The zero-order chi connectivity index (χ0) is 15.5. The molecule has 0 unspecified atom stereocenters. The smallest absolute Gasteiger partial charge is 0.237 e. The number of hydrogen-bond donors (Lipinski definition) is 2. The molecule has 2 aliphatic heterocycles. The first-order valence-corrected chi connectivity index (χ1v) is 8.07. The average Bonchev–Trinajstić information content (AvgIpc) is 2.89. The number of ether oxygens (including phenoxy) is 1. The summed E-state index contributed by atoms with van der Waals surface area (Å²) in [6.07, 6.45) is 1.81. The maximum atomic E-state index is 12.3. The molecule has 22 heavy (non-hydrogen) atoms. The molecule has 2 heterocycles. The average molecular weight is 303 g/mol. The van der Waals surface area contributed by atoms with Crippen LogP contribution in [-0.4, -0.2) is 54.7 Å². The Labute approximate surface area is 131 Å². The van der Waals surface area contributed by atoms with Gasteiger partial charge in [-0.3, -0.25) is 9.69 Å². The number of morpholine rings is 1. The van der Waals surface area contributed by atoms with Crippen LogP contribution >= 0.6 is 0 Å². The number of benzene rings is 1. The molecule has 2 aliphatic rings. The van der Waals surface area contributed by atoms with Crippen molar-refractivity contribution in [2.75, 3.05) is 19.7 Å². The van der Waals surface area contributed by atoms with Crippen molar-refractivity contribution in [3.05, 3.63) is 35.9 Å². The van der Waals surface area contributed by atoms with Gasteiger partial charge in [0.05, 0.1) is 18.8 Å². The van der Waals surface area contributed by atoms with Crippen LogP contribution in [0.1, 0.15) is 18.9 Å². The molecule has 1 aromatic rings. The van der Waals surface area contributed by atoms with E-state index in [0.29, 0.717) is 12.5 Å². The number of nitrogens with zero attached hydrogens (tertiary/aromatic N) is 1. The second kappa shape index (κ2) is 6.77. The molecule has 0 saturated carbocycles. The summed E-state index contributed by atoms with van der Waals surface area (Å²) in [5, 5.41) is 3.11. The number of amides is 1. The SMILES string of the molecule is C[C@@H]1CN2C[C@@H](NC(=O)[C@@H](N)Cc3ccccc3)C[C@H]2CO1. The first-order valence-electron chi connectivity index (χ1n) is 8.07. The molecule has 0 radical (unpaired) electrons. The number of nitrogens with two attached hydrogens (primary N) is 1. The van der Waals surface area contributed by atoms with Gasteiger partial charge in [0.15, 0.2) is 0 Å². The highest BCUT2D eigenvalue weighted by Crippen LogP contribution is 2.23. The van der Waals surface area contributed by atoms with E-state index >= 15 is 0 Å². The standard InChI is InChI=1S/C17H25N3O2/c1-12-9-20-10-14(8-15(20)11-22-12)19-17(21)16(18)7-13-5-3-2-4-6-13/h2-6,12,14-16H,7-11,18H2,1H3,(H,19,21)/t12-,14+,15+,16+/m1/s1. The van der Waals surface area contributed by atoms with Crippen LogP contribution in [0.2, 0.25) is 0 Å². The van der Waals surface area contributed by atoms with Gasteiger partial charge < -0.3 is 15.8 Å². The fourth-order valence-corrected chi connectivity index (χ4v) is 3.41. The van der Waals surface area contributed by atoms with E-state index in [9.17, 15) is 4.79 Å². The van der Waals surface area contributed by atoms with Crippen LogP contribution in [0.3, 0.4) is 0 Å². The molecule has 1 aromatic carbocycles. The van der Waals surface area contributed by atoms with Crippen LogP contribution in [0.15, 0.2) is 30.3 Å². The minimum Gasteiger partial charge on any atom is -0.376 e. The van der Waals surface area contributed by atoms with Crippen LogP contribution in [0.5, 0.6) is 0 Å². The second-order valence-corrected chi connectivity index (χ2v) is 6.49. The van der Waals surface area contributed by atoms with Gasteiger partial charge in [-0.2, -0.15) is 0 Å². The van der Waals surface area contributed by atoms with Crippen molar-refractivity contribution in [1.29, 1.82) is 0 Å². The molecule has 2 saturated heterocycles. The fourth-order valence-electron chi connectivity index (χ4n) is 3.41. The molecule has 1 amide bonds. The number of carbonyl (C=O) groups is 1. The van der Waals surface area contributed by atoms with E-state index in [1.165, 1.54) is 0 Å². The quantitative estimate of drug-likeness (QED) is 0.852. The summed E-state index contributed by atoms with van der Waals surface area (Å²) in [6.45, 7) is 4.72. The van der Waals surface area contributed by atoms with E-state index in [4.69, 9.17) is 10.5 Å². The molecule has 5 nitrogen and oxygen atoms in total. The van der Waals surface area contributed by atoms with Crippen LogP contribution in [0.4, 0.5) is 0 Å². The lowest BCUT2D eigenvalue weighted by atomic mass is 10.1. The normalized spacial score (nSPS) is 29.8. The summed E-state index contributed by atoms with van der Waals surface area (Å²) in [5.74, 6) is -0.0531. The lowest BCUT2D eigenvalue weighted by Crippen LogP contribution is -2.47. The molecule has 0 bridgehead atoms. The summed E-state index contributed by atoms with van der Waals surface area (Å²) in [6, 6.07) is 10.0. The van der Waals surface area contributed by atoms with Gasteiger partial charge in [-0.1, -0.05) is 30.3 Å². The Hall–Kier alpha value is -1.43. The monoisotopic (exact) mass is 303 g/mol. The maximum Gasteiger partial charge on any atom is 0.237 e. The van der Waals surface area contributed by atoms with E-state index in [1.807, 2.05) is 30.3 Å². The molecular weight excluding hydrogens is 278 g/mol. The number of rotatable bonds is 4. The lowest BCUT2D eigenvalue weighted by molar-refractivity contribution is -0.122. The van der Waals surface area contributed by atoms with E-state index < -0.39 is 6.04 Å². The van der Waals surface area contributed by atoms with Crippen molar-refractivity contribution in [2.24, 2.45) is 5.73 Å². The third-order valence-electron chi connectivity index (χ3n) is 4.57. The van der Waals surface area contributed by atoms with Gasteiger partial charge in [-0.05, 0) is 25.3 Å². The topological polar surface area (TPSA) is 67.6 Å². The van der Waals surface area contributed by atoms with Crippen molar-refractivity contribution < 1.29 is 9.53 Å². The highest BCUT2D eigenvalue weighted by molar-refractivity contribution is 5.82. The number of fused-ring (bicyclic) bond motifs is 1. The Morgan fingerprint density at radius 1 is 1.41 bits per heavy atom. The summed E-state index contributed by atoms with van der Waals surface area (Å²) >= 11 is 0. The van der Waals surface area contributed by atoms with Crippen molar-refractivity contribution in [3.63, 3.8) is 0 Å². The number of hydrogen-bond acceptors (Lipinski definition) is 4. The predicted octanol–water partition coefficient (Wildman–Crippen LogP) is 0.534. The van der Waals surface area contributed by atoms with Crippen molar-refractivity contribution in [1.82, 2.24) is 10.2 Å². The Morgan fingerprint density at radius 2 is 2.18 bits per heavy atom. The van der Waals surface area contributed by atoms with Crippen LogP contribution in [0, 0.1) is 0 Å². The van der Waals surface area contributed by atoms with Crippen molar-refractivity contribution >= 4 is 5.91 Å². The van der Waals surface area contributed by atoms with Gasteiger partial charge in [-0.15, -0.1) is 0 Å². The van der Waals surface area contributed by atoms with E-state index in [2.05, 4.69) is 17.1 Å². The maximum absolute atomic E-state index is 12.3. The minimum absolute atomic E-state index is 0.0531.